The van der Waals surface area contributed by atoms with Crippen molar-refractivity contribution in [1.82, 2.24) is 4.57 Å². The number of aliphatic imine (C=N–C) groups is 2. The number of rotatable bonds is 6. The number of fused-ring (bicyclic) bond motifs is 5. The van der Waals surface area contributed by atoms with Gasteiger partial charge < -0.3 is 4.57 Å². The molecule has 4 heteroatoms. The molecule has 0 saturated carbocycles. The average molecular weight is 714 g/mol. The number of benzene rings is 7. The average Bonchev–Trinajstić information content (AvgIpc) is 3.55. The first-order valence-corrected chi connectivity index (χ1v) is 19.2. The van der Waals surface area contributed by atoms with E-state index in [0.29, 0.717) is 11.5 Å². The molecule has 9 rings (SSSR count). The maximum absolute atomic E-state index is 5.27. The van der Waals surface area contributed by atoms with E-state index in [9.17, 15) is 0 Å². The summed E-state index contributed by atoms with van der Waals surface area (Å²) in [7, 11) is 0. The molecule has 2 heterocycles. The van der Waals surface area contributed by atoms with E-state index in [0.717, 1.165) is 22.4 Å². The van der Waals surface area contributed by atoms with Crippen LogP contribution in [0, 0.1) is 0 Å². The van der Waals surface area contributed by atoms with Gasteiger partial charge >= 0.3 is 0 Å². The van der Waals surface area contributed by atoms with Crippen LogP contribution in [0.25, 0.3) is 44.3 Å². The maximum atomic E-state index is 5.27. The van der Waals surface area contributed by atoms with E-state index in [1.54, 1.807) is 0 Å². The minimum atomic E-state index is -0.291. The van der Waals surface area contributed by atoms with Gasteiger partial charge in [0.2, 0.25) is 0 Å². The lowest BCUT2D eigenvalue weighted by Gasteiger charge is -2.36. The summed E-state index contributed by atoms with van der Waals surface area (Å²) in [4.78, 5) is 12.9. The van der Waals surface area contributed by atoms with Crippen LogP contribution in [0.5, 0.6) is 0 Å². The second kappa shape index (κ2) is 13.6. The molecule has 0 aliphatic carbocycles. The summed E-state index contributed by atoms with van der Waals surface area (Å²) in [6.45, 7) is 11.2. The van der Waals surface area contributed by atoms with E-state index >= 15 is 0 Å². The lowest BCUT2D eigenvalue weighted by Crippen LogP contribution is -2.25. The SMILES string of the molecule is C=C(N=C(N=C(C)c1ccccc1)c1cccc2c1Sc1c(-n3c4ccccc4c4cc(-c5ccccc5)ccc43)cccc1C2(C)C)c1ccccc1. The van der Waals surface area contributed by atoms with Crippen molar-refractivity contribution in [3.8, 4) is 16.8 Å². The van der Waals surface area contributed by atoms with Gasteiger partial charge in [-0.25, -0.2) is 9.98 Å². The monoisotopic (exact) mass is 713 g/mol. The highest BCUT2D eigenvalue weighted by molar-refractivity contribution is 7.99. The van der Waals surface area contributed by atoms with Crippen LogP contribution < -0.4 is 0 Å². The van der Waals surface area contributed by atoms with Crippen molar-refractivity contribution in [2.45, 2.75) is 36.0 Å². The Balaban J connectivity index is 1.24. The van der Waals surface area contributed by atoms with E-state index in [2.05, 4.69) is 153 Å². The first-order valence-electron chi connectivity index (χ1n) is 18.4. The predicted octanol–water partition coefficient (Wildman–Crippen LogP) is 13.2. The highest BCUT2D eigenvalue weighted by atomic mass is 32.2. The summed E-state index contributed by atoms with van der Waals surface area (Å²) < 4.78 is 2.46. The highest BCUT2D eigenvalue weighted by Crippen LogP contribution is 2.53. The summed E-state index contributed by atoms with van der Waals surface area (Å²) in [5, 5.41) is 2.48. The minimum absolute atomic E-state index is 0.291. The van der Waals surface area contributed by atoms with Gasteiger partial charge in [-0.1, -0.05) is 178 Å². The Labute approximate surface area is 321 Å². The van der Waals surface area contributed by atoms with E-state index in [-0.39, 0.29) is 5.41 Å². The highest BCUT2D eigenvalue weighted by Gasteiger charge is 2.36. The standard InChI is InChI=1S/C50H39N3S/c1-33(35-18-8-5-9-19-35)51-49(52-34(2)36-20-10-6-11-21-36)40-25-16-26-42-47(40)54-48-43(50(42,3)4)27-17-29-46(48)53-44-28-15-14-24-39(44)41-32-38(30-31-45(41)53)37-22-12-7-13-23-37/h5-32H,1H2,2-4H3. The van der Waals surface area contributed by atoms with E-state index in [4.69, 9.17) is 9.98 Å². The minimum Gasteiger partial charge on any atom is -0.308 e. The molecule has 0 fully saturated rings. The van der Waals surface area contributed by atoms with Crippen LogP contribution in [0.4, 0.5) is 0 Å². The van der Waals surface area contributed by atoms with Gasteiger partial charge in [-0.15, -0.1) is 0 Å². The zero-order valence-electron chi connectivity index (χ0n) is 30.6. The summed E-state index contributed by atoms with van der Waals surface area (Å²) in [5.41, 5.74) is 12.8. The molecule has 0 spiro atoms. The molecular formula is C50H39N3S. The summed E-state index contributed by atoms with van der Waals surface area (Å²) >= 11 is 1.83. The normalized spacial score (nSPS) is 13.8. The lowest BCUT2D eigenvalue weighted by atomic mass is 9.77. The lowest BCUT2D eigenvalue weighted by molar-refractivity contribution is 0.606. The van der Waals surface area contributed by atoms with Gasteiger partial charge in [0.1, 0.15) is 0 Å². The Morgan fingerprint density at radius 1 is 0.556 bits per heavy atom. The molecular weight excluding hydrogens is 675 g/mol. The van der Waals surface area contributed by atoms with Gasteiger partial charge in [-0.05, 0) is 64.6 Å². The predicted molar refractivity (Wildman–Crippen MR) is 230 cm³/mol. The summed E-state index contributed by atoms with van der Waals surface area (Å²) in [5.74, 6) is 0.650. The number of nitrogens with zero attached hydrogens (tertiary/aromatic N) is 3. The summed E-state index contributed by atoms with van der Waals surface area (Å²) in [6, 6.07) is 60.1. The van der Waals surface area contributed by atoms with Gasteiger partial charge in [-0.3, -0.25) is 0 Å². The maximum Gasteiger partial charge on any atom is 0.161 e. The zero-order chi connectivity index (χ0) is 36.8. The van der Waals surface area contributed by atoms with Crippen LogP contribution in [0.1, 0.15) is 48.6 Å². The van der Waals surface area contributed by atoms with E-state index < -0.39 is 0 Å². The van der Waals surface area contributed by atoms with Crippen LogP contribution in [0.15, 0.2) is 196 Å². The Morgan fingerprint density at radius 3 is 1.91 bits per heavy atom. The van der Waals surface area contributed by atoms with Crippen molar-refractivity contribution >= 4 is 50.8 Å². The van der Waals surface area contributed by atoms with Gasteiger partial charge in [-0.2, -0.15) is 0 Å². The Morgan fingerprint density at radius 2 is 1.17 bits per heavy atom. The molecule has 260 valence electrons. The van der Waals surface area contributed by atoms with E-state index in [1.807, 2.05) is 60.3 Å². The number of hydrogen-bond donors (Lipinski definition) is 0. The third-order valence-electron chi connectivity index (χ3n) is 10.6. The fourth-order valence-electron chi connectivity index (χ4n) is 7.78. The number of amidine groups is 1. The third kappa shape index (κ3) is 5.80. The molecule has 0 unspecified atom stereocenters. The van der Waals surface area contributed by atoms with Gasteiger partial charge in [0.15, 0.2) is 5.84 Å². The van der Waals surface area contributed by atoms with Crippen LogP contribution in [0.3, 0.4) is 0 Å². The molecule has 8 aromatic rings. The second-order valence-electron chi connectivity index (χ2n) is 14.3. The molecule has 0 N–H and O–H groups in total. The molecule has 3 nitrogen and oxygen atoms in total. The van der Waals surface area contributed by atoms with Gasteiger partial charge in [0, 0.05) is 37.3 Å². The fraction of sp³-hybridized carbons (Fsp3) is 0.0800. The molecule has 0 atom stereocenters. The largest absolute Gasteiger partial charge is 0.308 e. The van der Waals surface area contributed by atoms with Gasteiger partial charge in [0.05, 0.1) is 22.4 Å². The van der Waals surface area contributed by atoms with Crippen molar-refractivity contribution in [2.75, 3.05) is 0 Å². The molecule has 54 heavy (non-hydrogen) atoms. The van der Waals surface area contributed by atoms with Crippen LogP contribution >= 0.6 is 11.8 Å². The fourth-order valence-corrected chi connectivity index (χ4v) is 9.38. The van der Waals surface area contributed by atoms with Crippen LogP contribution in [-0.4, -0.2) is 16.1 Å². The van der Waals surface area contributed by atoms with Crippen molar-refractivity contribution in [3.63, 3.8) is 0 Å². The van der Waals surface area contributed by atoms with Crippen molar-refractivity contribution < 1.29 is 0 Å². The van der Waals surface area contributed by atoms with E-state index in [1.165, 1.54) is 59.5 Å². The number of aromatic nitrogens is 1. The quantitative estimate of drug-likeness (QED) is 0.125. The first kappa shape index (κ1) is 33.6. The zero-order valence-corrected chi connectivity index (χ0v) is 31.4. The van der Waals surface area contributed by atoms with Crippen LogP contribution in [0.2, 0.25) is 0 Å². The molecule has 1 aliphatic heterocycles. The Kier molecular flexibility index (Phi) is 8.48. The number of para-hydroxylation sites is 1. The summed E-state index contributed by atoms with van der Waals surface area (Å²) in [6.07, 6.45) is 0. The Bertz CT molecular complexity index is 2770. The second-order valence-corrected chi connectivity index (χ2v) is 15.3. The number of hydrogen-bond acceptors (Lipinski definition) is 2. The molecule has 0 radical (unpaired) electrons. The van der Waals surface area contributed by atoms with Crippen molar-refractivity contribution in [2.24, 2.45) is 9.98 Å². The molecule has 0 amide bonds. The van der Waals surface area contributed by atoms with Gasteiger partial charge in [0.25, 0.3) is 0 Å². The molecule has 1 aliphatic rings. The van der Waals surface area contributed by atoms with Crippen molar-refractivity contribution in [3.05, 3.63) is 204 Å². The molecule has 7 aromatic carbocycles. The van der Waals surface area contributed by atoms with Crippen LogP contribution in [-0.2, 0) is 5.41 Å². The first-order chi connectivity index (χ1) is 26.4. The third-order valence-corrected chi connectivity index (χ3v) is 11.9. The smallest absolute Gasteiger partial charge is 0.161 e. The van der Waals surface area contributed by atoms with Crippen molar-refractivity contribution in [1.29, 1.82) is 0 Å². The molecule has 0 bridgehead atoms. The topological polar surface area (TPSA) is 29.6 Å². The molecule has 0 saturated heterocycles. The Hall–Kier alpha value is -6.23. The molecule has 1 aromatic heterocycles.